The number of aryl methyl sites for hydroxylation is 1. The highest BCUT2D eigenvalue weighted by atomic mass is 32.1. The molecule has 0 unspecified atom stereocenters. The predicted octanol–water partition coefficient (Wildman–Crippen LogP) is 1.18. The third-order valence-electron chi connectivity index (χ3n) is 2.19. The number of hydrogen-bond donors (Lipinski definition) is 3. The van der Waals surface area contributed by atoms with E-state index in [2.05, 4.69) is 12.6 Å². The fourth-order valence-electron chi connectivity index (χ4n) is 1.41. The van der Waals surface area contributed by atoms with Gasteiger partial charge in [0.15, 0.2) is 0 Å². The lowest BCUT2D eigenvalue weighted by atomic mass is 9.79. The number of thiol groups is 1. The molecule has 0 amide bonds. The largest absolute Gasteiger partial charge is 0.489 e. The van der Waals surface area contributed by atoms with E-state index in [1.807, 2.05) is 18.4 Å². The zero-order chi connectivity index (χ0) is 10.3. The highest BCUT2D eigenvalue weighted by Gasteiger charge is 2.16. The van der Waals surface area contributed by atoms with E-state index in [1.165, 1.54) is 0 Å². The van der Waals surface area contributed by atoms with Crippen LogP contribution in [-0.4, -0.2) is 17.2 Å². The van der Waals surface area contributed by atoms with Crippen LogP contribution in [0.1, 0.15) is 5.56 Å². The van der Waals surface area contributed by atoms with Crippen LogP contribution in [0.3, 0.4) is 0 Å². The summed E-state index contributed by atoms with van der Waals surface area (Å²) in [6.45, 7) is 2.00. The van der Waals surface area contributed by atoms with Gasteiger partial charge in [0.25, 0.3) is 0 Å². The minimum atomic E-state index is -1.45. The van der Waals surface area contributed by atoms with Crippen LogP contribution in [0.4, 0.5) is 0 Å². The van der Waals surface area contributed by atoms with Gasteiger partial charge in [0.1, 0.15) is 0 Å². The second kappa shape index (κ2) is 3.58. The summed E-state index contributed by atoms with van der Waals surface area (Å²) in [5.41, 5.74) is 1.61. The van der Waals surface area contributed by atoms with E-state index in [4.69, 9.17) is 10.0 Å². The number of thiophene rings is 1. The van der Waals surface area contributed by atoms with Gasteiger partial charge in [-0.3, -0.25) is 0 Å². The van der Waals surface area contributed by atoms with Crippen LogP contribution in [0.2, 0.25) is 0 Å². The Balaban J connectivity index is 2.74. The van der Waals surface area contributed by atoms with Crippen molar-refractivity contribution in [2.24, 2.45) is 0 Å². The minimum absolute atomic E-state index is 0.460. The van der Waals surface area contributed by atoms with Crippen LogP contribution in [0.25, 0.3) is 10.1 Å². The molecule has 0 aliphatic heterocycles. The van der Waals surface area contributed by atoms with E-state index in [1.54, 1.807) is 17.4 Å². The Bertz CT molecular complexity index is 479. The van der Waals surface area contributed by atoms with E-state index >= 15 is 0 Å². The molecule has 0 aliphatic rings. The van der Waals surface area contributed by atoms with Crippen molar-refractivity contribution in [3.63, 3.8) is 0 Å². The first-order valence-corrected chi connectivity index (χ1v) is 5.49. The Morgan fingerprint density at radius 1 is 1.36 bits per heavy atom. The fourth-order valence-corrected chi connectivity index (χ4v) is 2.77. The van der Waals surface area contributed by atoms with Crippen LogP contribution in [0.15, 0.2) is 22.4 Å². The monoisotopic (exact) mass is 224 g/mol. The lowest BCUT2D eigenvalue weighted by Crippen LogP contribution is -2.30. The van der Waals surface area contributed by atoms with Gasteiger partial charge in [0, 0.05) is 9.60 Å². The molecule has 2 nitrogen and oxygen atoms in total. The van der Waals surface area contributed by atoms with Crippen LogP contribution in [0, 0.1) is 6.92 Å². The molecule has 1 aromatic carbocycles. The van der Waals surface area contributed by atoms with Gasteiger partial charge in [-0.1, -0.05) is 6.07 Å². The highest BCUT2D eigenvalue weighted by Crippen LogP contribution is 2.26. The van der Waals surface area contributed by atoms with Gasteiger partial charge in [0.2, 0.25) is 0 Å². The summed E-state index contributed by atoms with van der Waals surface area (Å²) >= 11 is 5.85. The van der Waals surface area contributed by atoms with E-state index < -0.39 is 7.12 Å². The molecule has 1 heterocycles. The molecule has 5 heteroatoms. The smallest absolute Gasteiger partial charge is 0.423 e. The van der Waals surface area contributed by atoms with Crippen molar-refractivity contribution in [2.75, 3.05) is 0 Å². The number of rotatable bonds is 1. The Morgan fingerprint density at radius 3 is 2.71 bits per heavy atom. The first kappa shape index (κ1) is 10.0. The summed E-state index contributed by atoms with van der Waals surface area (Å²) in [4.78, 5) is 0.620. The van der Waals surface area contributed by atoms with Crippen LogP contribution in [0.5, 0.6) is 0 Å². The summed E-state index contributed by atoms with van der Waals surface area (Å²) in [5, 5.41) is 21.3. The Kier molecular flexibility index (Phi) is 2.57. The quantitative estimate of drug-likeness (QED) is 0.502. The predicted molar refractivity (Wildman–Crippen MR) is 63.6 cm³/mol. The lowest BCUT2D eigenvalue weighted by molar-refractivity contribution is 0.425. The van der Waals surface area contributed by atoms with Crippen molar-refractivity contribution in [1.29, 1.82) is 0 Å². The van der Waals surface area contributed by atoms with Gasteiger partial charge >= 0.3 is 7.12 Å². The summed E-state index contributed by atoms with van der Waals surface area (Å²) in [7, 11) is -1.45. The molecule has 72 valence electrons. The normalized spacial score (nSPS) is 10.9. The lowest BCUT2D eigenvalue weighted by Gasteiger charge is -2.04. The average Bonchev–Trinajstić information content (AvgIpc) is 2.46. The van der Waals surface area contributed by atoms with Crippen LogP contribution in [-0.2, 0) is 0 Å². The molecular formula is C9H9BO2S2. The number of benzene rings is 1. The average molecular weight is 224 g/mol. The molecule has 0 spiro atoms. The molecule has 1 aromatic heterocycles. The van der Waals surface area contributed by atoms with Gasteiger partial charge in [0.05, 0.1) is 0 Å². The molecule has 2 rings (SSSR count). The Labute approximate surface area is 91.8 Å². The van der Waals surface area contributed by atoms with E-state index in [-0.39, 0.29) is 0 Å². The maximum absolute atomic E-state index is 9.10. The van der Waals surface area contributed by atoms with Gasteiger partial charge in [-0.05, 0) is 34.8 Å². The standard InChI is InChI=1S/C9H9BO2S2/c1-5-4-14-9-3-8(13)7(10(11)12)2-6(5)9/h2-4,11-13H,1H3. The molecule has 0 radical (unpaired) electrons. The fraction of sp³-hybridized carbons (Fsp3) is 0.111. The molecule has 0 saturated carbocycles. The maximum Gasteiger partial charge on any atom is 0.489 e. The van der Waals surface area contributed by atoms with E-state index in [0.717, 1.165) is 15.6 Å². The zero-order valence-corrected chi connectivity index (χ0v) is 9.27. The molecule has 2 aromatic rings. The second-order valence-corrected chi connectivity index (χ2v) is 4.59. The molecule has 0 fully saturated rings. The van der Waals surface area contributed by atoms with Gasteiger partial charge in [-0.15, -0.1) is 24.0 Å². The van der Waals surface area contributed by atoms with Gasteiger partial charge in [-0.25, -0.2) is 0 Å². The van der Waals surface area contributed by atoms with Crippen molar-refractivity contribution in [2.45, 2.75) is 11.8 Å². The topological polar surface area (TPSA) is 40.5 Å². The summed E-state index contributed by atoms with van der Waals surface area (Å²) < 4.78 is 1.12. The molecule has 0 atom stereocenters. The van der Waals surface area contributed by atoms with Crippen molar-refractivity contribution < 1.29 is 10.0 Å². The summed E-state index contributed by atoms with van der Waals surface area (Å²) in [6.07, 6.45) is 0. The summed E-state index contributed by atoms with van der Waals surface area (Å²) in [5.74, 6) is 0. The minimum Gasteiger partial charge on any atom is -0.423 e. The van der Waals surface area contributed by atoms with E-state index in [0.29, 0.717) is 10.4 Å². The maximum atomic E-state index is 9.10. The SMILES string of the molecule is Cc1csc2cc(S)c(B(O)O)cc12. The van der Waals surface area contributed by atoms with Crippen molar-refractivity contribution in [3.05, 3.63) is 23.1 Å². The third kappa shape index (κ3) is 1.57. The Hall–Kier alpha value is -0.485. The van der Waals surface area contributed by atoms with Gasteiger partial charge in [-0.2, -0.15) is 0 Å². The molecule has 14 heavy (non-hydrogen) atoms. The molecule has 0 saturated heterocycles. The molecule has 2 N–H and O–H groups in total. The number of hydrogen-bond acceptors (Lipinski definition) is 4. The van der Waals surface area contributed by atoms with Crippen molar-refractivity contribution in [3.8, 4) is 0 Å². The Morgan fingerprint density at radius 2 is 2.07 bits per heavy atom. The molecular weight excluding hydrogens is 215 g/mol. The molecule has 0 bridgehead atoms. The van der Waals surface area contributed by atoms with Crippen molar-refractivity contribution in [1.82, 2.24) is 0 Å². The zero-order valence-electron chi connectivity index (χ0n) is 7.56. The van der Waals surface area contributed by atoms with Gasteiger partial charge < -0.3 is 10.0 Å². The second-order valence-electron chi connectivity index (χ2n) is 3.20. The molecule has 0 aliphatic carbocycles. The highest BCUT2D eigenvalue weighted by molar-refractivity contribution is 7.80. The number of fused-ring (bicyclic) bond motifs is 1. The third-order valence-corrected chi connectivity index (χ3v) is 3.64. The van der Waals surface area contributed by atoms with Crippen molar-refractivity contribution >= 4 is 46.6 Å². The van der Waals surface area contributed by atoms with E-state index in [9.17, 15) is 0 Å². The van der Waals surface area contributed by atoms with Crippen LogP contribution < -0.4 is 5.46 Å². The first-order chi connectivity index (χ1) is 6.59. The first-order valence-electron chi connectivity index (χ1n) is 4.16. The van der Waals surface area contributed by atoms with Crippen LogP contribution >= 0.6 is 24.0 Å². The summed E-state index contributed by atoms with van der Waals surface area (Å²) in [6, 6.07) is 3.65.